The zero-order valence-electron chi connectivity index (χ0n) is 12.0. The van der Waals surface area contributed by atoms with Crippen molar-refractivity contribution in [2.45, 2.75) is 6.54 Å². The maximum absolute atomic E-state index is 13.8. The molecule has 0 bridgehead atoms. The molecule has 0 fully saturated rings. The first kappa shape index (κ1) is 16.6. The first-order valence-corrected chi connectivity index (χ1v) is 6.95. The minimum absolute atomic E-state index is 0.0243. The molecule has 0 spiro atoms. The third-order valence-corrected chi connectivity index (χ3v) is 3.07. The molecule has 0 atom stereocenters. The molecular weight excluding hydrogens is 319 g/mol. The zero-order valence-corrected chi connectivity index (χ0v) is 12.8. The Hall–Kier alpha value is -2.78. The lowest BCUT2D eigenvalue weighted by molar-refractivity contribution is 0.112. The van der Waals surface area contributed by atoms with Gasteiger partial charge in [0.25, 0.3) is 0 Å². The Labute approximate surface area is 137 Å². The molecule has 0 aliphatic carbocycles. The summed E-state index contributed by atoms with van der Waals surface area (Å²) in [5, 5.41) is 13.2. The van der Waals surface area contributed by atoms with Crippen molar-refractivity contribution in [3.05, 3.63) is 64.3 Å². The summed E-state index contributed by atoms with van der Waals surface area (Å²) in [6.45, 7) is 3.86. The molecule has 0 saturated carbocycles. The van der Waals surface area contributed by atoms with E-state index in [1.807, 2.05) is 6.07 Å². The standard InChI is InChI=1S/C16H12ClFN4O/c1-11-2-12(4-15(18)7-20-6-14(17)3-11)8-22-9-13(10-23)16(5-19)21-22/h2-4,6,9-10H,1,7-8H2/b12-2?,14-3+,15-4+,20-6?. The molecule has 5 nitrogen and oxygen atoms in total. The van der Waals surface area contributed by atoms with Crippen LogP contribution >= 0.6 is 11.6 Å². The summed E-state index contributed by atoms with van der Waals surface area (Å²) in [4.78, 5) is 14.7. The van der Waals surface area contributed by atoms with Crippen molar-refractivity contribution in [1.29, 1.82) is 5.26 Å². The van der Waals surface area contributed by atoms with Gasteiger partial charge in [0.2, 0.25) is 0 Å². The molecule has 1 aromatic heterocycles. The van der Waals surface area contributed by atoms with Crippen molar-refractivity contribution in [3.63, 3.8) is 0 Å². The fraction of sp³-hybridized carbons (Fsp3) is 0.125. The third-order valence-electron chi connectivity index (χ3n) is 2.86. The number of aldehydes is 1. The fourth-order valence-electron chi connectivity index (χ4n) is 1.97. The number of carbonyl (C=O) groups is 1. The van der Waals surface area contributed by atoms with E-state index in [0.717, 1.165) is 0 Å². The van der Waals surface area contributed by atoms with Crippen LogP contribution in [0.15, 0.2) is 58.0 Å². The molecule has 0 amide bonds. The zero-order chi connectivity index (χ0) is 16.8. The molecule has 7 heteroatoms. The predicted molar refractivity (Wildman–Crippen MR) is 86.0 cm³/mol. The van der Waals surface area contributed by atoms with Crippen LogP contribution < -0.4 is 0 Å². The van der Waals surface area contributed by atoms with Gasteiger partial charge < -0.3 is 0 Å². The molecule has 1 aliphatic rings. The summed E-state index contributed by atoms with van der Waals surface area (Å²) >= 11 is 5.92. The van der Waals surface area contributed by atoms with Crippen LogP contribution in [0, 0.1) is 11.3 Å². The van der Waals surface area contributed by atoms with Crippen LogP contribution in [-0.2, 0) is 6.54 Å². The summed E-state index contributed by atoms with van der Waals surface area (Å²) in [6, 6.07) is 1.83. The summed E-state index contributed by atoms with van der Waals surface area (Å²) in [5.74, 6) is -0.449. The molecule has 116 valence electrons. The van der Waals surface area contributed by atoms with Gasteiger partial charge in [0.1, 0.15) is 11.9 Å². The largest absolute Gasteiger partial charge is 0.298 e. The molecule has 1 aliphatic heterocycles. The van der Waals surface area contributed by atoms with Gasteiger partial charge in [-0.1, -0.05) is 24.3 Å². The maximum Gasteiger partial charge on any atom is 0.172 e. The van der Waals surface area contributed by atoms with E-state index in [4.69, 9.17) is 16.9 Å². The molecule has 0 N–H and O–H groups in total. The van der Waals surface area contributed by atoms with E-state index < -0.39 is 5.83 Å². The second kappa shape index (κ2) is 7.47. The number of carbonyl (C=O) groups excluding carboxylic acids is 1. The Morgan fingerprint density at radius 2 is 2.26 bits per heavy atom. The average Bonchev–Trinajstić information content (AvgIpc) is 2.88. The van der Waals surface area contributed by atoms with Gasteiger partial charge in [0, 0.05) is 12.4 Å². The summed E-state index contributed by atoms with van der Waals surface area (Å²) < 4.78 is 15.2. The van der Waals surface area contributed by atoms with Gasteiger partial charge in [-0.2, -0.15) is 10.4 Å². The van der Waals surface area contributed by atoms with Crippen LogP contribution in [0.5, 0.6) is 0 Å². The molecule has 0 unspecified atom stereocenters. The fourth-order valence-corrected chi connectivity index (χ4v) is 2.18. The number of nitrogens with zero attached hydrogens (tertiary/aromatic N) is 4. The number of aliphatic imine (C=N–C) groups is 1. The van der Waals surface area contributed by atoms with Crippen molar-refractivity contribution in [2.75, 3.05) is 6.54 Å². The van der Waals surface area contributed by atoms with Crippen molar-refractivity contribution < 1.29 is 9.18 Å². The van der Waals surface area contributed by atoms with E-state index in [1.165, 1.54) is 23.2 Å². The Balaban J connectivity index is 2.35. The second-order valence-corrected chi connectivity index (χ2v) is 5.18. The molecule has 23 heavy (non-hydrogen) atoms. The highest BCUT2D eigenvalue weighted by Crippen LogP contribution is 2.15. The highest BCUT2D eigenvalue weighted by Gasteiger charge is 2.09. The Kier molecular flexibility index (Phi) is 5.39. The maximum atomic E-state index is 13.8. The molecule has 2 rings (SSSR count). The Morgan fingerprint density at radius 3 is 2.91 bits per heavy atom. The molecule has 1 aromatic rings. The SMILES string of the molecule is C=C1C=C(Cn2cc(C=O)c(C#N)n2)/C=C(/F)CN=C/C(Cl)=C\1. The predicted octanol–water partition coefficient (Wildman–Crippen LogP) is 3.11. The molecule has 2 heterocycles. The highest BCUT2D eigenvalue weighted by atomic mass is 35.5. The monoisotopic (exact) mass is 330 g/mol. The van der Waals surface area contributed by atoms with E-state index in [-0.39, 0.29) is 24.3 Å². The van der Waals surface area contributed by atoms with Gasteiger partial charge >= 0.3 is 0 Å². The van der Waals surface area contributed by atoms with E-state index in [2.05, 4.69) is 16.7 Å². The lowest BCUT2D eigenvalue weighted by atomic mass is 10.1. The number of allylic oxidation sites excluding steroid dienone is 6. The van der Waals surface area contributed by atoms with Crippen molar-refractivity contribution >= 4 is 24.1 Å². The topological polar surface area (TPSA) is 71.0 Å². The Morgan fingerprint density at radius 1 is 1.48 bits per heavy atom. The van der Waals surface area contributed by atoms with Crippen molar-refractivity contribution in [3.8, 4) is 6.07 Å². The number of hydrogen-bond donors (Lipinski definition) is 0. The van der Waals surface area contributed by atoms with E-state index >= 15 is 0 Å². The van der Waals surface area contributed by atoms with Crippen LogP contribution in [0.4, 0.5) is 4.39 Å². The van der Waals surface area contributed by atoms with Crippen LogP contribution in [0.3, 0.4) is 0 Å². The first-order valence-electron chi connectivity index (χ1n) is 6.57. The van der Waals surface area contributed by atoms with Crippen LogP contribution in [0.1, 0.15) is 16.1 Å². The molecule has 0 aromatic carbocycles. The number of halogens is 2. The highest BCUT2D eigenvalue weighted by molar-refractivity contribution is 6.39. The normalized spacial score (nSPS) is 19.9. The van der Waals surface area contributed by atoms with Gasteiger partial charge in [-0.25, -0.2) is 4.39 Å². The summed E-state index contributed by atoms with van der Waals surface area (Å²) in [6.07, 6.45) is 7.92. The van der Waals surface area contributed by atoms with Crippen LogP contribution in [0.25, 0.3) is 0 Å². The van der Waals surface area contributed by atoms with Gasteiger partial charge in [-0.15, -0.1) is 0 Å². The van der Waals surface area contributed by atoms with Crippen LogP contribution in [0.2, 0.25) is 0 Å². The van der Waals surface area contributed by atoms with E-state index in [9.17, 15) is 9.18 Å². The van der Waals surface area contributed by atoms with Crippen LogP contribution in [-0.4, -0.2) is 28.8 Å². The van der Waals surface area contributed by atoms with Gasteiger partial charge in [0.15, 0.2) is 12.0 Å². The van der Waals surface area contributed by atoms with Gasteiger partial charge in [-0.05, 0) is 23.3 Å². The smallest absolute Gasteiger partial charge is 0.172 e. The van der Waals surface area contributed by atoms with Gasteiger partial charge in [-0.3, -0.25) is 14.5 Å². The molecule has 0 radical (unpaired) electrons. The lowest BCUT2D eigenvalue weighted by Gasteiger charge is -2.06. The molecular formula is C16H12ClFN4O. The van der Waals surface area contributed by atoms with E-state index in [1.54, 1.807) is 12.2 Å². The van der Waals surface area contributed by atoms with Crippen molar-refractivity contribution in [2.24, 2.45) is 4.99 Å². The minimum Gasteiger partial charge on any atom is -0.298 e. The number of rotatable bonds is 3. The molecule has 0 saturated heterocycles. The number of hydrogen-bond acceptors (Lipinski definition) is 4. The lowest BCUT2D eigenvalue weighted by Crippen LogP contribution is -2.02. The second-order valence-electron chi connectivity index (χ2n) is 4.74. The summed E-state index contributed by atoms with van der Waals surface area (Å²) in [5.41, 5.74) is 1.32. The van der Waals surface area contributed by atoms with E-state index in [0.29, 0.717) is 22.5 Å². The summed E-state index contributed by atoms with van der Waals surface area (Å²) in [7, 11) is 0. The third kappa shape index (κ3) is 4.59. The first-order chi connectivity index (χ1) is 11.0. The minimum atomic E-state index is -0.449. The number of nitriles is 1. The average molecular weight is 331 g/mol. The quantitative estimate of drug-likeness (QED) is 0.799. The Bertz CT molecular complexity index is 809. The van der Waals surface area contributed by atoms with Crippen molar-refractivity contribution in [1.82, 2.24) is 9.78 Å². The number of aromatic nitrogens is 2. The van der Waals surface area contributed by atoms with Gasteiger partial charge in [0.05, 0.1) is 23.7 Å².